The van der Waals surface area contributed by atoms with Gasteiger partial charge >= 0.3 is 5.97 Å². The number of hydrogen-bond acceptors (Lipinski definition) is 6. The Morgan fingerprint density at radius 3 is 2.89 bits per heavy atom. The molecule has 9 heteroatoms. The summed E-state index contributed by atoms with van der Waals surface area (Å²) in [5.74, 6) is -1.09. The van der Waals surface area contributed by atoms with Gasteiger partial charge in [-0.25, -0.2) is 9.78 Å². The number of carboxylic acid groups (broad SMARTS) is 1. The summed E-state index contributed by atoms with van der Waals surface area (Å²) in [6.07, 6.45) is 0.204. The zero-order valence-electron chi connectivity index (χ0n) is 9.73. The fraction of sp³-hybridized carbons (Fsp3) is 0.500. The topological polar surface area (TPSA) is 96.9 Å². The average Bonchev–Trinajstić information content (AvgIpc) is 3.16. The van der Waals surface area contributed by atoms with Gasteiger partial charge in [-0.15, -0.1) is 0 Å². The summed E-state index contributed by atoms with van der Waals surface area (Å²) in [7, 11) is 0. The number of hydrogen-bond donors (Lipinski definition) is 2. The van der Waals surface area contributed by atoms with Crippen LogP contribution in [-0.4, -0.2) is 53.5 Å². The number of carboxylic acids is 1. The molecule has 1 atom stereocenters. The van der Waals surface area contributed by atoms with E-state index in [4.69, 9.17) is 37.8 Å². The third-order valence-electron chi connectivity index (χ3n) is 2.27. The quantitative estimate of drug-likeness (QED) is 0.445. The number of aromatic nitrogens is 2. The van der Waals surface area contributed by atoms with Crippen LogP contribution < -0.4 is 5.32 Å². The van der Waals surface area contributed by atoms with E-state index < -0.39 is 5.97 Å². The maximum absolute atomic E-state index is 10.9. The zero-order valence-corrected chi connectivity index (χ0v) is 11.2. The van der Waals surface area contributed by atoms with Crippen molar-refractivity contribution in [3.63, 3.8) is 0 Å². The van der Waals surface area contributed by atoms with Crippen LogP contribution in [0.15, 0.2) is 0 Å². The number of nitrogens with zero attached hydrogens (tertiary/aromatic N) is 2. The highest BCUT2D eigenvalue weighted by Crippen LogP contribution is 2.24. The first-order chi connectivity index (χ1) is 9.08. The molecule has 2 heterocycles. The third kappa shape index (κ3) is 4.17. The summed E-state index contributed by atoms with van der Waals surface area (Å²) in [5, 5.41) is 11.5. The van der Waals surface area contributed by atoms with Crippen molar-refractivity contribution in [1.82, 2.24) is 9.97 Å². The molecule has 1 aromatic heterocycles. The first-order valence-electron chi connectivity index (χ1n) is 5.47. The van der Waals surface area contributed by atoms with E-state index in [9.17, 15) is 4.79 Å². The molecule has 1 aliphatic heterocycles. The molecule has 7 nitrogen and oxygen atoms in total. The van der Waals surface area contributed by atoms with Crippen LogP contribution >= 0.6 is 23.2 Å². The van der Waals surface area contributed by atoms with Crippen LogP contribution in [0.3, 0.4) is 0 Å². The molecule has 2 N–H and O–H groups in total. The van der Waals surface area contributed by atoms with E-state index >= 15 is 0 Å². The molecule has 1 fully saturated rings. The van der Waals surface area contributed by atoms with Crippen LogP contribution in [0.4, 0.5) is 5.82 Å². The van der Waals surface area contributed by atoms with Crippen LogP contribution in [0, 0.1) is 0 Å². The lowest BCUT2D eigenvalue weighted by Gasteiger charge is -2.09. The lowest BCUT2D eigenvalue weighted by molar-refractivity contribution is 0.0690. The van der Waals surface area contributed by atoms with Crippen molar-refractivity contribution in [3.8, 4) is 0 Å². The van der Waals surface area contributed by atoms with Crippen molar-refractivity contribution in [1.29, 1.82) is 0 Å². The number of carbonyl (C=O) groups is 1. The zero-order chi connectivity index (χ0) is 13.8. The van der Waals surface area contributed by atoms with E-state index in [0.29, 0.717) is 19.8 Å². The molecule has 1 saturated heterocycles. The highest BCUT2D eigenvalue weighted by atomic mass is 35.5. The molecule has 0 amide bonds. The minimum Gasteiger partial charge on any atom is -0.476 e. The molecule has 19 heavy (non-hydrogen) atoms. The number of epoxide rings is 1. The third-order valence-corrected chi connectivity index (χ3v) is 2.80. The van der Waals surface area contributed by atoms with Gasteiger partial charge < -0.3 is 19.9 Å². The van der Waals surface area contributed by atoms with Gasteiger partial charge in [0.05, 0.1) is 19.8 Å². The van der Waals surface area contributed by atoms with Crippen molar-refractivity contribution in [2.75, 3.05) is 31.7 Å². The van der Waals surface area contributed by atoms with Crippen LogP contribution in [0.5, 0.6) is 0 Å². The van der Waals surface area contributed by atoms with Gasteiger partial charge in [0.1, 0.15) is 11.1 Å². The smallest absolute Gasteiger partial charge is 0.356 e. The summed E-state index contributed by atoms with van der Waals surface area (Å²) in [6.45, 7) is 2.11. The van der Waals surface area contributed by atoms with Crippen molar-refractivity contribution in [2.24, 2.45) is 0 Å². The Bertz CT molecular complexity index is 482. The number of halogens is 2. The summed E-state index contributed by atoms with van der Waals surface area (Å²) in [6, 6.07) is 0. The molecule has 1 aliphatic rings. The summed E-state index contributed by atoms with van der Waals surface area (Å²) in [5.41, 5.74) is -0.337. The van der Waals surface area contributed by atoms with Crippen molar-refractivity contribution in [2.45, 2.75) is 6.10 Å². The van der Waals surface area contributed by atoms with E-state index in [1.54, 1.807) is 0 Å². The molecule has 1 aromatic rings. The lowest BCUT2D eigenvalue weighted by Crippen LogP contribution is -2.14. The lowest BCUT2D eigenvalue weighted by atomic mass is 10.4. The van der Waals surface area contributed by atoms with Gasteiger partial charge in [0, 0.05) is 6.54 Å². The van der Waals surface area contributed by atoms with Crippen molar-refractivity contribution in [3.05, 3.63) is 16.0 Å². The predicted octanol–water partition coefficient (Wildman–Crippen LogP) is 1.31. The summed E-state index contributed by atoms with van der Waals surface area (Å²) >= 11 is 11.5. The highest BCUT2D eigenvalue weighted by Gasteiger charge is 2.22. The Morgan fingerprint density at radius 2 is 2.26 bits per heavy atom. The van der Waals surface area contributed by atoms with E-state index in [1.807, 2.05) is 0 Å². The molecule has 1 unspecified atom stereocenters. The SMILES string of the molecule is O=C(O)c1nc(Cl)nc(NCCOCC2CO2)c1Cl. The van der Waals surface area contributed by atoms with Crippen LogP contribution in [-0.2, 0) is 9.47 Å². The van der Waals surface area contributed by atoms with Gasteiger partial charge in [-0.2, -0.15) is 4.98 Å². The first kappa shape index (κ1) is 14.3. The molecular formula is C10H11Cl2N3O4. The Balaban J connectivity index is 1.89. The molecule has 0 radical (unpaired) electrons. The monoisotopic (exact) mass is 307 g/mol. The van der Waals surface area contributed by atoms with E-state index in [0.717, 1.165) is 6.61 Å². The van der Waals surface area contributed by atoms with Crippen molar-refractivity contribution >= 4 is 35.0 Å². The minimum absolute atomic E-state index is 0.0811. The summed E-state index contributed by atoms with van der Waals surface area (Å²) < 4.78 is 10.3. The second-order valence-corrected chi connectivity index (χ2v) is 4.48. The molecule has 0 bridgehead atoms. The highest BCUT2D eigenvalue weighted by molar-refractivity contribution is 6.36. The average molecular weight is 308 g/mol. The Labute approximate surface area is 118 Å². The van der Waals surface area contributed by atoms with Crippen LogP contribution in [0.1, 0.15) is 10.5 Å². The number of aromatic carboxylic acids is 1. The first-order valence-corrected chi connectivity index (χ1v) is 6.23. The fourth-order valence-corrected chi connectivity index (χ4v) is 1.70. The normalized spacial score (nSPS) is 17.3. The van der Waals surface area contributed by atoms with Gasteiger partial charge in [-0.1, -0.05) is 11.6 Å². The number of rotatable bonds is 7. The molecule has 104 valence electrons. The Kier molecular flexibility index (Phi) is 4.76. The van der Waals surface area contributed by atoms with Gasteiger partial charge in [-0.3, -0.25) is 0 Å². The fourth-order valence-electron chi connectivity index (χ4n) is 1.30. The van der Waals surface area contributed by atoms with Crippen LogP contribution in [0.25, 0.3) is 0 Å². The predicted molar refractivity (Wildman–Crippen MR) is 68.1 cm³/mol. The maximum atomic E-state index is 10.9. The Hall–Kier alpha value is -1.15. The van der Waals surface area contributed by atoms with Gasteiger partial charge in [0.15, 0.2) is 11.5 Å². The molecule has 0 aliphatic carbocycles. The number of anilines is 1. The molecular weight excluding hydrogens is 297 g/mol. The molecule has 0 spiro atoms. The van der Waals surface area contributed by atoms with Gasteiger partial charge in [-0.05, 0) is 11.6 Å². The maximum Gasteiger partial charge on any atom is 0.356 e. The number of nitrogens with one attached hydrogen (secondary N) is 1. The van der Waals surface area contributed by atoms with Gasteiger partial charge in [0.25, 0.3) is 0 Å². The summed E-state index contributed by atoms with van der Waals surface area (Å²) in [4.78, 5) is 18.3. The number of ether oxygens (including phenoxy) is 2. The molecule has 0 aromatic carbocycles. The second-order valence-electron chi connectivity index (χ2n) is 3.77. The standard InChI is InChI=1S/C10H11Cl2N3O4/c11-6-7(9(16)17)14-10(12)15-8(6)13-1-2-18-3-5-4-19-5/h5H,1-4H2,(H,16,17)(H,13,14,15). The molecule has 0 saturated carbocycles. The van der Waals surface area contributed by atoms with Crippen molar-refractivity contribution < 1.29 is 19.4 Å². The minimum atomic E-state index is -1.26. The van der Waals surface area contributed by atoms with Crippen LogP contribution in [0.2, 0.25) is 10.3 Å². The van der Waals surface area contributed by atoms with Gasteiger partial charge in [0.2, 0.25) is 5.28 Å². The second kappa shape index (κ2) is 6.33. The van der Waals surface area contributed by atoms with E-state index in [2.05, 4.69) is 15.3 Å². The Morgan fingerprint density at radius 1 is 1.53 bits per heavy atom. The largest absolute Gasteiger partial charge is 0.476 e. The molecule has 2 rings (SSSR count). The van der Waals surface area contributed by atoms with E-state index in [-0.39, 0.29) is 27.9 Å². The van der Waals surface area contributed by atoms with E-state index in [1.165, 1.54) is 0 Å².